The first kappa shape index (κ1) is 20.3. The minimum absolute atomic E-state index is 0.107. The molecule has 2 N–H and O–H groups in total. The lowest BCUT2D eigenvalue weighted by molar-refractivity contribution is -0.130. The van der Waals surface area contributed by atoms with E-state index in [-0.39, 0.29) is 24.6 Å². The fraction of sp³-hybridized carbons (Fsp3) is 0.250. The Morgan fingerprint density at radius 2 is 1.93 bits per heavy atom. The number of nitriles is 1. The Labute approximate surface area is 163 Å². The SMILES string of the molecule is CCN(C#N)C(=O)C(Cc1ccc(O)cc1)NC(=O)c1cccc(CCl)c1. The molecule has 140 valence electrons. The molecule has 0 heterocycles. The van der Waals surface area contributed by atoms with Crippen LogP contribution in [0.15, 0.2) is 48.5 Å². The number of likely N-dealkylation sites (N-methyl/N-ethyl adjacent to an activating group) is 1. The highest BCUT2D eigenvalue weighted by Gasteiger charge is 2.26. The highest BCUT2D eigenvalue weighted by molar-refractivity contribution is 6.17. The van der Waals surface area contributed by atoms with Crippen LogP contribution in [0.3, 0.4) is 0 Å². The standard InChI is InChI=1S/C20H20ClN3O3/c1-2-24(13-22)20(27)18(11-14-6-8-17(25)9-7-14)23-19(26)16-5-3-4-15(10-16)12-21/h3-10,18,25H,2,11-12H2,1H3,(H,23,26). The van der Waals surface area contributed by atoms with Crippen LogP contribution >= 0.6 is 11.6 Å². The summed E-state index contributed by atoms with van der Waals surface area (Å²) in [5, 5.41) is 21.3. The number of amides is 2. The average Bonchev–Trinajstić information content (AvgIpc) is 2.69. The predicted molar refractivity (Wildman–Crippen MR) is 102 cm³/mol. The van der Waals surface area contributed by atoms with E-state index < -0.39 is 17.9 Å². The molecule has 0 saturated carbocycles. The second-order valence-corrected chi connectivity index (χ2v) is 6.18. The van der Waals surface area contributed by atoms with Gasteiger partial charge in [-0.15, -0.1) is 11.6 Å². The molecule has 0 aromatic heterocycles. The number of carbonyl (C=O) groups excluding carboxylic acids is 2. The molecule has 0 aliphatic carbocycles. The Morgan fingerprint density at radius 3 is 2.52 bits per heavy atom. The van der Waals surface area contributed by atoms with Crippen molar-refractivity contribution in [2.24, 2.45) is 0 Å². The van der Waals surface area contributed by atoms with Crippen LogP contribution < -0.4 is 5.32 Å². The van der Waals surface area contributed by atoms with Crippen molar-refractivity contribution in [2.75, 3.05) is 6.54 Å². The van der Waals surface area contributed by atoms with Gasteiger partial charge in [-0.3, -0.25) is 9.59 Å². The molecule has 2 aromatic rings. The maximum Gasteiger partial charge on any atom is 0.258 e. The number of halogens is 1. The van der Waals surface area contributed by atoms with Crippen LogP contribution in [-0.4, -0.2) is 34.4 Å². The van der Waals surface area contributed by atoms with Crippen molar-refractivity contribution in [1.29, 1.82) is 5.26 Å². The minimum Gasteiger partial charge on any atom is -0.508 e. The number of hydrogen-bond donors (Lipinski definition) is 2. The summed E-state index contributed by atoms with van der Waals surface area (Å²) in [6.07, 6.45) is 2.03. The van der Waals surface area contributed by atoms with Crippen LogP contribution in [0.4, 0.5) is 0 Å². The van der Waals surface area contributed by atoms with E-state index in [1.807, 2.05) is 6.19 Å². The maximum absolute atomic E-state index is 12.7. The summed E-state index contributed by atoms with van der Waals surface area (Å²) in [5.74, 6) is -0.534. The van der Waals surface area contributed by atoms with Gasteiger partial charge in [-0.2, -0.15) is 5.26 Å². The van der Waals surface area contributed by atoms with Crippen molar-refractivity contribution in [3.63, 3.8) is 0 Å². The van der Waals surface area contributed by atoms with Gasteiger partial charge in [0.25, 0.3) is 11.8 Å². The number of aromatic hydroxyl groups is 1. The largest absolute Gasteiger partial charge is 0.508 e. The van der Waals surface area contributed by atoms with E-state index in [0.29, 0.717) is 5.56 Å². The van der Waals surface area contributed by atoms with E-state index in [1.165, 1.54) is 12.1 Å². The lowest BCUT2D eigenvalue weighted by Crippen LogP contribution is -2.48. The number of nitrogens with zero attached hydrogens (tertiary/aromatic N) is 2. The number of nitrogens with one attached hydrogen (secondary N) is 1. The molecule has 2 amide bonds. The summed E-state index contributed by atoms with van der Waals surface area (Å²) in [6.45, 7) is 1.89. The lowest BCUT2D eigenvalue weighted by Gasteiger charge is -2.22. The smallest absolute Gasteiger partial charge is 0.258 e. The molecule has 0 spiro atoms. The first-order valence-electron chi connectivity index (χ1n) is 8.43. The third-order valence-corrected chi connectivity index (χ3v) is 4.33. The van der Waals surface area contributed by atoms with Gasteiger partial charge in [0.1, 0.15) is 11.8 Å². The van der Waals surface area contributed by atoms with E-state index in [9.17, 15) is 14.7 Å². The van der Waals surface area contributed by atoms with Crippen LogP contribution in [0.1, 0.15) is 28.4 Å². The second kappa shape index (κ2) is 9.60. The average molecular weight is 386 g/mol. The quantitative estimate of drug-likeness (QED) is 0.435. The topological polar surface area (TPSA) is 93.4 Å². The van der Waals surface area contributed by atoms with Gasteiger partial charge in [0.15, 0.2) is 6.19 Å². The Hall–Kier alpha value is -3.04. The summed E-state index contributed by atoms with van der Waals surface area (Å²) in [4.78, 5) is 26.3. The number of alkyl halides is 1. The van der Waals surface area contributed by atoms with Crippen molar-refractivity contribution in [3.8, 4) is 11.9 Å². The van der Waals surface area contributed by atoms with Crippen molar-refractivity contribution in [2.45, 2.75) is 25.3 Å². The number of benzene rings is 2. The Balaban J connectivity index is 2.25. The fourth-order valence-electron chi connectivity index (χ4n) is 2.57. The van der Waals surface area contributed by atoms with E-state index in [1.54, 1.807) is 43.3 Å². The van der Waals surface area contributed by atoms with E-state index in [2.05, 4.69) is 5.32 Å². The number of carbonyl (C=O) groups is 2. The minimum atomic E-state index is -0.915. The van der Waals surface area contributed by atoms with Gasteiger partial charge >= 0.3 is 0 Å². The molecular formula is C20H20ClN3O3. The number of hydrogen-bond acceptors (Lipinski definition) is 4. The monoisotopic (exact) mass is 385 g/mol. The molecule has 0 aliphatic rings. The molecule has 0 radical (unpaired) electrons. The van der Waals surface area contributed by atoms with Gasteiger partial charge < -0.3 is 10.4 Å². The summed E-state index contributed by atoms with van der Waals surface area (Å²) in [5.41, 5.74) is 1.92. The molecule has 0 fully saturated rings. The summed E-state index contributed by atoms with van der Waals surface area (Å²) in [6, 6.07) is 12.2. The number of phenols is 1. The van der Waals surface area contributed by atoms with Crippen LogP contribution in [-0.2, 0) is 17.1 Å². The van der Waals surface area contributed by atoms with Gasteiger partial charge in [0.2, 0.25) is 0 Å². The molecule has 1 unspecified atom stereocenters. The molecule has 27 heavy (non-hydrogen) atoms. The molecule has 7 heteroatoms. The van der Waals surface area contributed by atoms with Gasteiger partial charge in [-0.1, -0.05) is 24.3 Å². The van der Waals surface area contributed by atoms with Crippen molar-refractivity contribution < 1.29 is 14.7 Å². The summed E-state index contributed by atoms with van der Waals surface area (Å²) in [7, 11) is 0. The van der Waals surface area contributed by atoms with Crippen LogP contribution in [0.25, 0.3) is 0 Å². The molecule has 0 aliphatic heterocycles. The van der Waals surface area contributed by atoms with Gasteiger partial charge in [-0.25, -0.2) is 4.90 Å². The third kappa shape index (κ3) is 5.47. The Morgan fingerprint density at radius 1 is 1.22 bits per heavy atom. The zero-order valence-electron chi connectivity index (χ0n) is 14.9. The van der Waals surface area contributed by atoms with Crippen molar-refractivity contribution in [1.82, 2.24) is 10.2 Å². The zero-order valence-corrected chi connectivity index (χ0v) is 15.6. The third-order valence-electron chi connectivity index (χ3n) is 4.03. The zero-order chi connectivity index (χ0) is 19.8. The lowest BCUT2D eigenvalue weighted by atomic mass is 10.0. The summed E-state index contributed by atoms with van der Waals surface area (Å²) < 4.78 is 0. The fourth-order valence-corrected chi connectivity index (χ4v) is 2.74. The van der Waals surface area contributed by atoms with Crippen molar-refractivity contribution in [3.05, 3.63) is 65.2 Å². The normalized spacial score (nSPS) is 11.3. The van der Waals surface area contributed by atoms with Crippen molar-refractivity contribution >= 4 is 23.4 Å². The van der Waals surface area contributed by atoms with Crippen LogP contribution in [0.2, 0.25) is 0 Å². The van der Waals surface area contributed by atoms with Crippen LogP contribution in [0.5, 0.6) is 5.75 Å². The number of rotatable bonds is 7. The van der Waals surface area contributed by atoms with E-state index in [4.69, 9.17) is 16.9 Å². The molecule has 2 aromatic carbocycles. The van der Waals surface area contributed by atoms with Gasteiger partial charge in [-0.05, 0) is 42.3 Å². The van der Waals surface area contributed by atoms with E-state index >= 15 is 0 Å². The molecule has 0 saturated heterocycles. The second-order valence-electron chi connectivity index (χ2n) is 5.91. The summed E-state index contributed by atoms with van der Waals surface area (Å²) >= 11 is 5.81. The Bertz CT molecular complexity index is 846. The molecule has 6 nitrogen and oxygen atoms in total. The van der Waals surface area contributed by atoms with Gasteiger partial charge in [0.05, 0.1) is 0 Å². The predicted octanol–water partition coefficient (Wildman–Crippen LogP) is 2.80. The Kier molecular flexibility index (Phi) is 7.21. The maximum atomic E-state index is 12.7. The molecular weight excluding hydrogens is 366 g/mol. The number of phenolic OH excluding ortho intramolecular Hbond substituents is 1. The van der Waals surface area contributed by atoms with Crippen LogP contribution in [0, 0.1) is 11.5 Å². The molecule has 0 bridgehead atoms. The first-order valence-corrected chi connectivity index (χ1v) is 8.96. The molecule has 1 atom stereocenters. The molecule has 2 rings (SSSR count). The highest BCUT2D eigenvalue weighted by atomic mass is 35.5. The van der Waals surface area contributed by atoms with Gasteiger partial charge in [0, 0.05) is 24.4 Å². The van der Waals surface area contributed by atoms with E-state index in [0.717, 1.165) is 16.0 Å². The highest BCUT2D eigenvalue weighted by Crippen LogP contribution is 2.13. The first-order chi connectivity index (χ1) is 13.0.